The fourth-order valence-corrected chi connectivity index (χ4v) is 4.74. The molecular weight excluding hydrogens is 346 g/mol. The molecule has 1 aliphatic carbocycles. The van der Waals surface area contributed by atoms with E-state index in [1.807, 2.05) is 11.0 Å². The molecule has 7 heteroatoms. The number of aromatic nitrogens is 1. The Kier molecular flexibility index (Phi) is 4.06. The number of ether oxygens (including phenoxy) is 2. The van der Waals surface area contributed by atoms with Gasteiger partial charge in [-0.2, -0.15) is 5.26 Å². The van der Waals surface area contributed by atoms with E-state index in [0.717, 1.165) is 23.9 Å². The number of fused-ring (bicyclic) bond motifs is 2. The largest absolute Gasteiger partial charge is 0.497 e. The van der Waals surface area contributed by atoms with E-state index in [2.05, 4.69) is 11.1 Å². The van der Waals surface area contributed by atoms with Crippen molar-refractivity contribution >= 4 is 22.6 Å². The van der Waals surface area contributed by atoms with Crippen LogP contribution in [0.15, 0.2) is 18.3 Å². The maximum atomic E-state index is 12.1. The Bertz CT molecular complexity index is 968. The van der Waals surface area contributed by atoms with Crippen molar-refractivity contribution in [3.05, 3.63) is 23.9 Å². The molecular formula is C20H21N3O4. The molecule has 1 aliphatic heterocycles. The second-order valence-electron chi connectivity index (χ2n) is 7.29. The molecule has 2 fully saturated rings. The number of nitriles is 1. The zero-order valence-electron chi connectivity index (χ0n) is 15.4. The summed E-state index contributed by atoms with van der Waals surface area (Å²) in [6.45, 7) is 1.03. The fourth-order valence-electron chi connectivity index (χ4n) is 4.74. The molecule has 0 radical (unpaired) electrons. The van der Waals surface area contributed by atoms with Crippen molar-refractivity contribution in [2.45, 2.75) is 19.3 Å². The van der Waals surface area contributed by atoms with E-state index in [-0.39, 0.29) is 5.92 Å². The van der Waals surface area contributed by atoms with Gasteiger partial charge in [-0.05, 0) is 24.8 Å². The summed E-state index contributed by atoms with van der Waals surface area (Å²) in [6, 6.07) is 5.80. The standard InChI is InChI=1S/C20H21N3O4/c1-26-14-6-15-17(16(7-14)27-2)22-9-12(8-21)18(15)23-10-13-4-3-5-20(13,11-23)19(24)25/h6-7,9,13H,3-5,10-11H2,1-2H3,(H,24,25)/t13-,20+/m0/s1. The van der Waals surface area contributed by atoms with Crippen LogP contribution in [0.4, 0.5) is 5.69 Å². The van der Waals surface area contributed by atoms with E-state index in [4.69, 9.17) is 9.47 Å². The first-order valence-electron chi connectivity index (χ1n) is 8.97. The number of aliphatic carboxylic acids is 1. The first-order chi connectivity index (χ1) is 13.0. The summed E-state index contributed by atoms with van der Waals surface area (Å²) in [5, 5.41) is 20.3. The van der Waals surface area contributed by atoms with Crippen LogP contribution >= 0.6 is 0 Å². The third kappa shape index (κ3) is 2.47. The highest BCUT2D eigenvalue weighted by molar-refractivity contribution is 5.99. The summed E-state index contributed by atoms with van der Waals surface area (Å²) in [5.74, 6) is 0.518. The molecule has 2 heterocycles. The van der Waals surface area contributed by atoms with Crippen molar-refractivity contribution < 1.29 is 19.4 Å². The highest BCUT2D eigenvalue weighted by Crippen LogP contribution is 2.51. The van der Waals surface area contributed by atoms with Gasteiger partial charge in [0.05, 0.1) is 30.9 Å². The minimum absolute atomic E-state index is 0.0947. The molecule has 1 saturated carbocycles. The highest BCUT2D eigenvalue weighted by Gasteiger charge is 2.55. The number of methoxy groups -OCH3 is 2. The van der Waals surface area contributed by atoms with E-state index in [9.17, 15) is 15.2 Å². The third-order valence-corrected chi connectivity index (χ3v) is 6.07. The summed E-state index contributed by atoms with van der Waals surface area (Å²) in [5.41, 5.74) is 1.05. The van der Waals surface area contributed by atoms with Gasteiger partial charge in [0, 0.05) is 30.7 Å². The molecule has 1 aromatic heterocycles. The molecule has 1 saturated heterocycles. The van der Waals surface area contributed by atoms with Gasteiger partial charge in [0.2, 0.25) is 0 Å². The topological polar surface area (TPSA) is 95.7 Å². The lowest BCUT2D eigenvalue weighted by molar-refractivity contribution is -0.149. The number of nitrogens with zero attached hydrogens (tertiary/aromatic N) is 3. The fraction of sp³-hybridized carbons (Fsp3) is 0.450. The average Bonchev–Trinajstić information content (AvgIpc) is 3.24. The monoisotopic (exact) mass is 367 g/mol. The molecule has 140 valence electrons. The molecule has 2 aliphatic rings. The van der Waals surface area contributed by atoms with Crippen LogP contribution in [0, 0.1) is 22.7 Å². The molecule has 1 N–H and O–H groups in total. The van der Waals surface area contributed by atoms with Crippen molar-refractivity contribution in [3.63, 3.8) is 0 Å². The minimum Gasteiger partial charge on any atom is -0.497 e. The van der Waals surface area contributed by atoms with Gasteiger partial charge in [-0.3, -0.25) is 9.78 Å². The molecule has 7 nitrogen and oxygen atoms in total. The van der Waals surface area contributed by atoms with Crippen LogP contribution in [0.1, 0.15) is 24.8 Å². The summed E-state index contributed by atoms with van der Waals surface area (Å²) < 4.78 is 10.8. The Morgan fingerprint density at radius 3 is 2.85 bits per heavy atom. The van der Waals surface area contributed by atoms with E-state index < -0.39 is 11.4 Å². The molecule has 0 bridgehead atoms. The lowest BCUT2D eigenvalue weighted by Gasteiger charge is -2.26. The number of benzene rings is 1. The molecule has 2 aromatic rings. The van der Waals surface area contributed by atoms with Crippen LogP contribution in [-0.4, -0.2) is 43.4 Å². The molecule has 27 heavy (non-hydrogen) atoms. The normalized spacial score (nSPS) is 23.9. The molecule has 4 rings (SSSR count). The van der Waals surface area contributed by atoms with Crippen molar-refractivity contribution in [3.8, 4) is 17.6 Å². The summed E-state index contributed by atoms with van der Waals surface area (Å²) in [4.78, 5) is 18.5. The first kappa shape index (κ1) is 17.4. The quantitative estimate of drug-likeness (QED) is 0.887. The molecule has 2 atom stereocenters. The second-order valence-corrected chi connectivity index (χ2v) is 7.29. The summed E-state index contributed by atoms with van der Waals surface area (Å²) >= 11 is 0. The van der Waals surface area contributed by atoms with Crippen LogP contribution in [0.5, 0.6) is 11.5 Å². The van der Waals surface area contributed by atoms with Crippen molar-refractivity contribution in [2.24, 2.45) is 11.3 Å². The van der Waals surface area contributed by atoms with Gasteiger partial charge < -0.3 is 19.5 Å². The predicted molar refractivity (Wildman–Crippen MR) is 99.2 cm³/mol. The minimum atomic E-state index is -0.737. The van der Waals surface area contributed by atoms with Crippen LogP contribution in [-0.2, 0) is 4.79 Å². The van der Waals surface area contributed by atoms with Crippen molar-refractivity contribution in [1.82, 2.24) is 4.98 Å². The van der Waals surface area contributed by atoms with Gasteiger partial charge in [-0.1, -0.05) is 6.42 Å². The molecule has 0 spiro atoms. The summed E-state index contributed by atoms with van der Waals surface area (Å²) in [6.07, 6.45) is 4.06. The first-order valence-corrected chi connectivity index (χ1v) is 8.97. The average molecular weight is 367 g/mol. The smallest absolute Gasteiger partial charge is 0.311 e. The number of hydrogen-bond donors (Lipinski definition) is 1. The Hall–Kier alpha value is -3.01. The van der Waals surface area contributed by atoms with Gasteiger partial charge in [-0.15, -0.1) is 0 Å². The van der Waals surface area contributed by atoms with Gasteiger partial charge in [0.15, 0.2) is 0 Å². The van der Waals surface area contributed by atoms with Gasteiger partial charge in [-0.25, -0.2) is 0 Å². The highest BCUT2D eigenvalue weighted by atomic mass is 16.5. The number of carbonyl (C=O) groups is 1. The van der Waals surface area contributed by atoms with E-state index >= 15 is 0 Å². The number of pyridine rings is 1. The Balaban J connectivity index is 1.91. The van der Waals surface area contributed by atoms with Gasteiger partial charge in [0.25, 0.3) is 0 Å². The number of hydrogen-bond acceptors (Lipinski definition) is 6. The third-order valence-electron chi connectivity index (χ3n) is 6.07. The Labute approximate surface area is 157 Å². The predicted octanol–water partition coefficient (Wildman–Crippen LogP) is 2.81. The number of anilines is 1. The van der Waals surface area contributed by atoms with Crippen LogP contribution in [0.25, 0.3) is 10.9 Å². The zero-order valence-corrected chi connectivity index (χ0v) is 15.4. The maximum Gasteiger partial charge on any atom is 0.311 e. The van der Waals surface area contributed by atoms with Gasteiger partial charge in [0.1, 0.15) is 23.1 Å². The SMILES string of the molecule is COc1cc(OC)c2ncc(C#N)c(N3C[C@@H]4CCC[C@@]4(C(=O)O)C3)c2c1. The maximum absolute atomic E-state index is 12.1. The second kappa shape index (κ2) is 6.31. The van der Waals surface area contributed by atoms with Crippen molar-refractivity contribution in [2.75, 3.05) is 32.2 Å². The van der Waals surface area contributed by atoms with E-state index in [1.165, 1.54) is 6.20 Å². The zero-order chi connectivity index (χ0) is 19.2. The number of carboxylic acid groups (broad SMARTS) is 1. The van der Waals surface area contributed by atoms with Crippen LogP contribution < -0.4 is 14.4 Å². The molecule has 0 amide bonds. The Morgan fingerprint density at radius 2 is 2.22 bits per heavy atom. The molecule has 1 aromatic carbocycles. The molecule has 0 unspecified atom stereocenters. The van der Waals surface area contributed by atoms with Gasteiger partial charge >= 0.3 is 5.97 Å². The number of carboxylic acids is 1. The Morgan fingerprint density at radius 1 is 1.41 bits per heavy atom. The lowest BCUT2D eigenvalue weighted by atomic mass is 9.81. The van der Waals surface area contributed by atoms with E-state index in [1.54, 1.807) is 20.3 Å². The van der Waals surface area contributed by atoms with Crippen LogP contribution in [0.2, 0.25) is 0 Å². The summed E-state index contributed by atoms with van der Waals surface area (Å²) in [7, 11) is 3.13. The van der Waals surface area contributed by atoms with E-state index in [0.29, 0.717) is 42.1 Å². The van der Waals surface area contributed by atoms with Crippen molar-refractivity contribution in [1.29, 1.82) is 5.26 Å². The van der Waals surface area contributed by atoms with Crippen LogP contribution in [0.3, 0.4) is 0 Å². The lowest BCUT2D eigenvalue weighted by Crippen LogP contribution is -2.35. The number of rotatable bonds is 4.